The van der Waals surface area contributed by atoms with Crippen LogP contribution in [-0.2, 0) is 7.05 Å². The third kappa shape index (κ3) is 3.36. The molecular weight excluding hydrogens is 354 g/mol. The van der Waals surface area contributed by atoms with E-state index in [0.29, 0.717) is 28.8 Å². The Labute approximate surface area is 162 Å². The average molecular weight is 375 g/mol. The highest BCUT2D eigenvalue weighted by Gasteiger charge is 2.15. The summed E-state index contributed by atoms with van der Waals surface area (Å²) in [4.78, 5) is 9.24. The molecule has 0 amide bonds. The van der Waals surface area contributed by atoms with Crippen molar-refractivity contribution in [3.05, 3.63) is 48.5 Å². The molecule has 4 aromatic rings. The van der Waals surface area contributed by atoms with Gasteiger partial charge in [-0.25, -0.2) is 4.98 Å². The van der Waals surface area contributed by atoms with Crippen LogP contribution in [0.25, 0.3) is 22.2 Å². The summed E-state index contributed by atoms with van der Waals surface area (Å²) in [5.41, 5.74) is 4.29. The Balaban J connectivity index is 1.76. The second-order valence-electron chi connectivity index (χ2n) is 6.83. The lowest BCUT2D eigenvalue weighted by molar-refractivity contribution is 0.420. The highest BCUT2D eigenvalue weighted by atomic mass is 16.5. The predicted octanol–water partition coefficient (Wildman–Crippen LogP) is 3.70. The molecule has 4 rings (SSSR count). The molecule has 1 N–H and O–H groups in total. The van der Waals surface area contributed by atoms with E-state index in [-0.39, 0.29) is 0 Å². The minimum atomic E-state index is 0.368. The smallest absolute Gasteiger partial charge is 0.156 e. The zero-order valence-electron chi connectivity index (χ0n) is 16.2. The zero-order valence-corrected chi connectivity index (χ0v) is 16.2. The van der Waals surface area contributed by atoms with E-state index in [1.165, 1.54) is 0 Å². The number of hydrogen-bond acceptors (Lipinski definition) is 7. The molecule has 4 heterocycles. The summed E-state index contributed by atoms with van der Waals surface area (Å²) in [5.74, 6) is 2.31. The number of rotatable bonds is 5. The largest absolute Gasteiger partial charge is 0.494 e. The maximum atomic E-state index is 5.68. The first-order valence-corrected chi connectivity index (χ1v) is 8.97. The number of hydrogen-bond donors (Lipinski definition) is 1. The number of methoxy groups -OCH3 is 1. The number of aryl methyl sites for hydroxylation is 1. The lowest BCUT2D eigenvalue weighted by Crippen LogP contribution is -2.01. The SMILES string of the molecule is COc1c(-c2cnn(C)c2)cnc2ccc(Nc3cc(C(C)C)cnn3)nc12. The molecule has 0 fully saturated rings. The van der Waals surface area contributed by atoms with E-state index in [0.717, 1.165) is 22.2 Å². The van der Waals surface area contributed by atoms with Crippen LogP contribution in [0.15, 0.2) is 43.0 Å². The molecule has 0 unspecified atom stereocenters. The summed E-state index contributed by atoms with van der Waals surface area (Å²) in [6.45, 7) is 4.23. The van der Waals surface area contributed by atoms with Gasteiger partial charge in [-0.05, 0) is 29.7 Å². The predicted molar refractivity (Wildman–Crippen MR) is 108 cm³/mol. The van der Waals surface area contributed by atoms with Crippen molar-refractivity contribution in [2.24, 2.45) is 7.05 Å². The van der Waals surface area contributed by atoms with Crippen molar-refractivity contribution in [1.82, 2.24) is 29.9 Å². The van der Waals surface area contributed by atoms with Crippen LogP contribution in [0.5, 0.6) is 5.75 Å². The molecular formula is C20H21N7O. The van der Waals surface area contributed by atoms with Gasteiger partial charge in [0.15, 0.2) is 11.6 Å². The highest BCUT2D eigenvalue weighted by Crippen LogP contribution is 2.35. The molecule has 28 heavy (non-hydrogen) atoms. The van der Waals surface area contributed by atoms with Gasteiger partial charge in [0.2, 0.25) is 0 Å². The summed E-state index contributed by atoms with van der Waals surface area (Å²) < 4.78 is 7.42. The van der Waals surface area contributed by atoms with E-state index >= 15 is 0 Å². The Kier molecular flexibility index (Phi) is 4.60. The Morgan fingerprint density at radius 1 is 1.11 bits per heavy atom. The molecule has 0 bridgehead atoms. The minimum absolute atomic E-state index is 0.368. The fourth-order valence-corrected chi connectivity index (χ4v) is 2.98. The summed E-state index contributed by atoms with van der Waals surface area (Å²) in [7, 11) is 3.51. The van der Waals surface area contributed by atoms with Gasteiger partial charge in [-0.2, -0.15) is 10.2 Å². The summed E-state index contributed by atoms with van der Waals surface area (Å²) in [5, 5.41) is 15.7. The van der Waals surface area contributed by atoms with Gasteiger partial charge in [-0.1, -0.05) is 13.8 Å². The monoisotopic (exact) mass is 375 g/mol. The molecule has 0 aliphatic heterocycles. The second-order valence-corrected chi connectivity index (χ2v) is 6.83. The molecule has 0 atom stereocenters. The number of anilines is 2. The van der Waals surface area contributed by atoms with Crippen molar-refractivity contribution in [3.8, 4) is 16.9 Å². The van der Waals surface area contributed by atoms with Crippen LogP contribution < -0.4 is 10.1 Å². The normalized spacial score (nSPS) is 11.2. The third-order valence-electron chi connectivity index (χ3n) is 4.48. The van der Waals surface area contributed by atoms with Gasteiger partial charge in [0.25, 0.3) is 0 Å². The van der Waals surface area contributed by atoms with Crippen LogP contribution in [0, 0.1) is 0 Å². The van der Waals surface area contributed by atoms with E-state index in [1.807, 2.05) is 31.4 Å². The number of fused-ring (bicyclic) bond motifs is 1. The van der Waals surface area contributed by atoms with Gasteiger partial charge >= 0.3 is 0 Å². The van der Waals surface area contributed by atoms with Crippen LogP contribution in [0.2, 0.25) is 0 Å². The molecule has 0 spiro atoms. The molecule has 0 saturated heterocycles. The fraction of sp³-hybridized carbons (Fsp3) is 0.250. The average Bonchev–Trinajstić information content (AvgIpc) is 3.13. The summed E-state index contributed by atoms with van der Waals surface area (Å²) in [6.07, 6.45) is 7.25. The Morgan fingerprint density at radius 3 is 2.68 bits per heavy atom. The molecule has 0 aromatic carbocycles. The van der Waals surface area contributed by atoms with Gasteiger partial charge in [0.1, 0.15) is 11.3 Å². The van der Waals surface area contributed by atoms with Crippen molar-refractivity contribution >= 4 is 22.7 Å². The van der Waals surface area contributed by atoms with Crippen LogP contribution in [-0.4, -0.2) is 37.1 Å². The van der Waals surface area contributed by atoms with E-state index in [1.54, 1.807) is 30.4 Å². The standard InChI is InChI=1S/C20H21N7O/c1-12(2)13-7-18(26-22-8-13)24-17-6-5-16-19(25-17)20(28-4)15(10-21-16)14-9-23-27(3)11-14/h5-12H,1-4H3,(H,24,25,26). The van der Waals surface area contributed by atoms with E-state index in [2.05, 4.69) is 39.4 Å². The molecule has 0 aliphatic carbocycles. The summed E-state index contributed by atoms with van der Waals surface area (Å²) >= 11 is 0. The number of ether oxygens (including phenoxy) is 1. The first kappa shape index (κ1) is 17.8. The lowest BCUT2D eigenvalue weighted by atomic mass is 10.1. The number of nitrogens with one attached hydrogen (secondary N) is 1. The van der Waals surface area contributed by atoms with Crippen molar-refractivity contribution in [2.45, 2.75) is 19.8 Å². The molecule has 0 aliphatic rings. The van der Waals surface area contributed by atoms with Gasteiger partial charge in [0.05, 0.1) is 25.0 Å². The minimum Gasteiger partial charge on any atom is -0.494 e. The number of nitrogens with zero attached hydrogens (tertiary/aromatic N) is 6. The third-order valence-corrected chi connectivity index (χ3v) is 4.48. The molecule has 4 aromatic heterocycles. The van der Waals surface area contributed by atoms with Crippen LogP contribution in [0.4, 0.5) is 11.6 Å². The van der Waals surface area contributed by atoms with Crippen molar-refractivity contribution in [1.29, 1.82) is 0 Å². The Morgan fingerprint density at radius 2 is 1.96 bits per heavy atom. The van der Waals surface area contributed by atoms with E-state index in [4.69, 9.17) is 9.72 Å². The fourth-order valence-electron chi connectivity index (χ4n) is 2.98. The Bertz CT molecular complexity index is 1140. The topological polar surface area (TPSA) is 90.6 Å². The lowest BCUT2D eigenvalue weighted by Gasteiger charge is -2.12. The number of aromatic nitrogens is 6. The molecule has 0 saturated carbocycles. The molecule has 8 nitrogen and oxygen atoms in total. The molecule has 142 valence electrons. The van der Waals surface area contributed by atoms with Gasteiger partial charge in [-0.15, -0.1) is 5.10 Å². The Hall–Kier alpha value is -3.55. The van der Waals surface area contributed by atoms with Crippen LogP contribution in [0.1, 0.15) is 25.3 Å². The van der Waals surface area contributed by atoms with Crippen LogP contribution >= 0.6 is 0 Å². The first-order chi connectivity index (χ1) is 13.5. The van der Waals surface area contributed by atoms with Crippen molar-refractivity contribution in [3.63, 3.8) is 0 Å². The number of pyridine rings is 2. The molecule has 8 heteroatoms. The van der Waals surface area contributed by atoms with Crippen molar-refractivity contribution in [2.75, 3.05) is 12.4 Å². The molecule has 0 radical (unpaired) electrons. The van der Waals surface area contributed by atoms with Crippen molar-refractivity contribution < 1.29 is 4.74 Å². The highest BCUT2D eigenvalue weighted by molar-refractivity contribution is 5.90. The van der Waals surface area contributed by atoms with Gasteiger partial charge in [-0.3, -0.25) is 9.67 Å². The van der Waals surface area contributed by atoms with E-state index < -0.39 is 0 Å². The van der Waals surface area contributed by atoms with E-state index in [9.17, 15) is 0 Å². The first-order valence-electron chi connectivity index (χ1n) is 8.97. The summed E-state index contributed by atoms with van der Waals surface area (Å²) in [6, 6.07) is 5.74. The maximum Gasteiger partial charge on any atom is 0.156 e. The zero-order chi connectivity index (χ0) is 19.7. The quantitative estimate of drug-likeness (QED) is 0.569. The van der Waals surface area contributed by atoms with Crippen LogP contribution in [0.3, 0.4) is 0 Å². The second kappa shape index (κ2) is 7.22. The maximum absolute atomic E-state index is 5.68. The van der Waals surface area contributed by atoms with Gasteiger partial charge in [0, 0.05) is 30.6 Å². The van der Waals surface area contributed by atoms with Gasteiger partial charge < -0.3 is 10.1 Å².